The quantitative estimate of drug-likeness (QED) is 0.278. The van der Waals surface area contributed by atoms with E-state index in [-0.39, 0.29) is 47.2 Å². The minimum absolute atomic E-state index is 0. The Bertz CT molecular complexity index is 714. The Morgan fingerprint density at radius 1 is 0.536 bits per heavy atom. The van der Waals surface area contributed by atoms with Gasteiger partial charge in [0.05, 0.1) is 0 Å². The minimum Gasteiger partial charge on any atom is -1.00 e. The molecule has 4 rings (SSSR count). The average molecular weight is 505 g/mol. The molecule has 0 bridgehead atoms. The molecule has 4 heteroatoms. The summed E-state index contributed by atoms with van der Waals surface area (Å²) in [6.07, 6.45) is 0. The van der Waals surface area contributed by atoms with Crippen LogP contribution in [0, 0.1) is 0 Å². The molecule has 28 heavy (non-hydrogen) atoms. The smallest absolute Gasteiger partial charge is 1.00 e. The van der Waals surface area contributed by atoms with Gasteiger partial charge in [-0.3, -0.25) is 0 Å². The van der Waals surface area contributed by atoms with Crippen LogP contribution < -0.4 is 24.8 Å². The van der Waals surface area contributed by atoms with Crippen molar-refractivity contribution < 1.29 is 47.2 Å². The van der Waals surface area contributed by atoms with Crippen molar-refractivity contribution in [2.45, 2.75) is 13.1 Å². The SMILES string of the molecule is C[SiH]C.[Cl-].[Cl-].[Nb+2].c1ccc(-c2cc[cH-]c2)cc1.c1ccc(-c2cc[cH-]c2)cc1. The average Bonchev–Trinajstić information content (AvgIpc) is 3.39. The Kier molecular flexibility index (Phi) is 18.3. The first-order chi connectivity index (χ1) is 12.3. The summed E-state index contributed by atoms with van der Waals surface area (Å²) >= 11 is 0. The number of hydrogen-bond donors (Lipinski definition) is 0. The largest absolute Gasteiger partial charge is 2.00 e. The van der Waals surface area contributed by atoms with Gasteiger partial charge >= 0.3 is 22.4 Å². The Labute approximate surface area is 200 Å². The van der Waals surface area contributed by atoms with Crippen molar-refractivity contribution in [3.8, 4) is 22.3 Å². The maximum Gasteiger partial charge on any atom is 2.00 e. The molecular weight excluding hydrogens is 480 g/mol. The summed E-state index contributed by atoms with van der Waals surface area (Å²) in [6, 6.07) is 37.5. The van der Waals surface area contributed by atoms with Crippen molar-refractivity contribution in [3.05, 3.63) is 109 Å². The van der Waals surface area contributed by atoms with Crippen molar-refractivity contribution in [1.29, 1.82) is 0 Å². The van der Waals surface area contributed by atoms with Crippen LogP contribution in [0.3, 0.4) is 0 Å². The van der Waals surface area contributed by atoms with Gasteiger partial charge in [-0.15, -0.1) is 0 Å². The van der Waals surface area contributed by atoms with Gasteiger partial charge in [0.1, 0.15) is 0 Å². The summed E-state index contributed by atoms with van der Waals surface area (Å²) in [7, 11) is 0.750. The van der Waals surface area contributed by atoms with Crippen molar-refractivity contribution in [2.75, 3.05) is 0 Å². The van der Waals surface area contributed by atoms with Crippen LogP contribution in [0.15, 0.2) is 109 Å². The molecule has 0 spiro atoms. The molecule has 2 radical (unpaired) electrons. The third kappa shape index (κ3) is 10.3. The van der Waals surface area contributed by atoms with Crippen LogP contribution in [0.25, 0.3) is 22.3 Å². The van der Waals surface area contributed by atoms with E-state index in [1.807, 2.05) is 12.1 Å². The van der Waals surface area contributed by atoms with Crippen molar-refractivity contribution >= 4 is 9.52 Å². The molecule has 0 saturated carbocycles. The summed E-state index contributed by atoms with van der Waals surface area (Å²) in [4.78, 5) is 0. The van der Waals surface area contributed by atoms with Crippen LogP contribution in [0.4, 0.5) is 0 Å². The molecule has 0 nitrogen and oxygen atoms in total. The van der Waals surface area contributed by atoms with Crippen molar-refractivity contribution in [3.63, 3.8) is 0 Å². The van der Waals surface area contributed by atoms with Gasteiger partial charge in [0.15, 0.2) is 0 Å². The standard InChI is InChI=1S/2C11H9.C2H7Si.2ClH.Nb/c2*1-2-6-10(7-3-1)11-8-4-5-9-11;1-3-2;;;/h2*1-9H;3H,1-2H3;2*1H;/q2*-1;;;;+2/p-2. The number of rotatable bonds is 2. The molecule has 0 atom stereocenters. The molecule has 0 aliphatic heterocycles. The van der Waals surface area contributed by atoms with E-state index in [0.717, 1.165) is 9.52 Å². The zero-order valence-electron chi connectivity index (χ0n) is 16.2. The van der Waals surface area contributed by atoms with Crippen LogP contribution in [0.2, 0.25) is 13.1 Å². The number of hydrogen-bond acceptors (Lipinski definition) is 0. The van der Waals surface area contributed by atoms with Gasteiger partial charge in [0.25, 0.3) is 0 Å². The molecule has 0 heterocycles. The minimum atomic E-state index is 0. The van der Waals surface area contributed by atoms with Gasteiger partial charge < -0.3 is 24.8 Å². The van der Waals surface area contributed by atoms with Crippen molar-refractivity contribution in [1.82, 2.24) is 0 Å². The van der Waals surface area contributed by atoms with Gasteiger partial charge in [0.2, 0.25) is 0 Å². The summed E-state index contributed by atoms with van der Waals surface area (Å²) in [5.41, 5.74) is 5.17. The molecule has 0 fully saturated rings. The van der Waals surface area contributed by atoms with Gasteiger partial charge in [-0.2, -0.15) is 47.5 Å². The third-order valence-electron chi connectivity index (χ3n) is 3.54. The van der Waals surface area contributed by atoms with Gasteiger partial charge in [-0.1, -0.05) is 84.9 Å². The second-order valence-corrected chi connectivity index (χ2v) is 6.81. The van der Waals surface area contributed by atoms with E-state index in [2.05, 4.69) is 110 Å². The fourth-order valence-corrected chi connectivity index (χ4v) is 2.39. The van der Waals surface area contributed by atoms with E-state index < -0.39 is 0 Å². The Hall–Kier alpha value is -1.32. The number of halogens is 2. The normalized spacial score (nSPS) is 8.36. The molecular formula is C24H25Cl2NbSi-2. The predicted octanol–water partition coefficient (Wildman–Crippen LogP) is 0.670. The fourth-order valence-electron chi connectivity index (χ4n) is 2.39. The van der Waals surface area contributed by atoms with Crippen LogP contribution in [0.1, 0.15) is 0 Å². The van der Waals surface area contributed by atoms with Crippen LogP contribution >= 0.6 is 0 Å². The third-order valence-corrected chi connectivity index (χ3v) is 3.54. The van der Waals surface area contributed by atoms with Crippen LogP contribution in [-0.2, 0) is 22.4 Å². The van der Waals surface area contributed by atoms with E-state index in [4.69, 9.17) is 0 Å². The van der Waals surface area contributed by atoms with Gasteiger partial charge in [-0.25, -0.2) is 12.1 Å². The first-order valence-electron chi connectivity index (χ1n) is 8.63. The van der Waals surface area contributed by atoms with E-state index in [1.165, 1.54) is 22.3 Å². The van der Waals surface area contributed by atoms with E-state index in [9.17, 15) is 0 Å². The molecule has 4 aromatic carbocycles. The van der Waals surface area contributed by atoms with E-state index in [0.29, 0.717) is 0 Å². The zero-order chi connectivity index (χ0) is 17.7. The molecule has 0 aliphatic rings. The molecule has 146 valence electrons. The summed E-state index contributed by atoms with van der Waals surface area (Å²) in [5, 5.41) is 0. The molecule has 0 aromatic heterocycles. The topological polar surface area (TPSA) is 0 Å². The molecule has 0 aliphatic carbocycles. The van der Waals surface area contributed by atoms with Gasteiger partial charge in [-0.05, 0) is 0 Å². The Morgan fingerprint density at radius 3 is 1.11 bits per heavy atom. The molecule has 0 saturated heterocycles. The maximum absolute atomic E-state index is 2.21. The van der Waals surface area contributed by atoms with E-state index >= 15 is 0 Å². The molecule has 4 aromatic rings. The van der Waals surface area contributed by atoms with Crippen LogP contribution in [-0.4, -0.2) is 9.52 Å². The molecule has 0 unspecified atom stereocenters. The molecule has 0 amide bonds. The van der Waals surface area contributed by atoms with Crippen molar-refractivity contribution in [2.24, 2.45) is 0 Å². The molecule has 0 N–H and O–H groups in total. The summed E-state index contributed by atoms with van der Waals surface area (Å²) in [5.74, 6) is 0. The monoisotopic (exact) mass is 504 g/mol. The predicted molar refractivity (Wildman–Crippen MR) is 114 cm³/mol. The fraction of sp³-hybridized carbons (Fsp3) is 0.0833. The number of benzene rings is 2. The Morgan fingerprint density at radius 2 is 0.857 bits per heavy atom. The summed E-state index contributed by atoms with van der Waals surface area (Å²) < 4.78 is 0. The first kappa shape index (κ1) is 28.9. The Balaban J connectivity index is 0. The van der Waals surface area contributed by atoms with Gasteiger partial charge in [0, 0.05) is 9.52 Å². The summed E-state index contributed by atoms with van der Waals surface area (Å²) in [6.45, 7) is 4.42. The van der Waals surface area contributed by atoms with E-state index in [1.54, 1.807) is 0 Å². The second kappa shape index (κ2) is 17.8. The second-order valence-electron chi connectivity index (χ2n) is 5.66. The van der Waals surface area contributed by atoms with Crippen LogP contribution in [0.5, 0.6) is 0 Å². The zero-order valence-corrected chi connectivity index (χ0v) is 21.0. The maximum atomic E-state index is 2.21. The first-order valence-corrected chi connectivity index (χ1v) is 10.9.